The van der Waals surface area contributed by atoms with E-state index in [2.05, 4.69) is 10.9 Å². The second-order valence-corrected chi connectivity index (χ2v) is 4.25. The van der Waals surface area contributed by atoms with Crippen molar-refractivity contribution >= 4 is 17.3 Å². The van der Waals surface area contributed by atoms with E-state index in [0.717, 1.165) is 5.56 Å². The van der Waals surface area contributed by atoms with Crippen LogP contribution in [-0.2, 0) is 0 Å². The van der Waals surface area contributed by atoms with E-state index in [-0.39, 0.29) is 11.6 Å². The maximum absolute atomic E-state index is 11.8. The molecule has 102 valence electrons. The van der Waals surface area contributed by atoms with Crippen molar-refractivity contribution in [1.29, 1.82) is 0 Å². The number of amides is 1. The van der Waals surface area contributed by atoms with Gasteiger partial charge < -0.3 is 0 Å². The average Bonchev–Trinajstić information content (AvgIpc) is 2.46. The minimum atomic E-state index is -0.478. The molecule has 0 unspecified atom stereocenters. The van der Waals surface area contributed by atoms with Gasteiger partial charge in [0, 0.05) is 17.7 Å². The Balaban J connectivity index is 1.96. The molecular weight excluding hydrogens is 258 g/mol. The fourth-order valence-electron chi connectivity index (χ4n) is 1.57. The number of carbonyl (C=O) groups excluding carboxylic acids is 1. The summed E-state index contributed by atoms with van der Waals surface area (Å²) < 4.78 is 0. The van der Waals surface area contributed by atoms with Crippen molar-refractivity contribution in [3.8, 4) is 0 Å². The summed E-state index contributed by atoms with van der Waals surface area (Å²) >= 11 is 0. The molecule has 6 heteroatoms. The van der Waals surface area contributed by atoms with Crippen LogP contribution in [-0.4, -0.2) is 10.8 Å². The fourth-order valence-corrected chi connectivity index (χ4v) is 1.57. The summed E-state index contributed by atoms with van der Waals surface area (Å²) in [7, 11) is 0. The van der Waals surface area contributed by atoms with Gasteiger partial charge in [-0.2, -0.15) is 0 Å². The van der Waals surface area contributed by atoms with Crippen LogP contribution in [0, 0.1) is 17.0 Å². The molecule has 0 bridgehead atoms. The van der Waals surface area contributed by atoms with Crippen molar-refractivity contribution in [2.75, 3.05) is 5.43 Å². The number of nitrogens with zero attached hydrogens (tertiary/aromatic N) is 1. The van der Waals surface area contributed by atoms with Crippen molar-refractivity contribution in [2.45, 2.75) is 6.92 Å². The molecule has 1 amide bonds. The summed E-state index contributed by atoms with van der Waals surface area (Å²) in [5.41, 5.74) is 7.40. The first-order chi connectivity index (χ1) is 9.56. The molecule has 0 aromatic heterocycles. The van der Waals surface area contributed by atoms with Crippen LogP contribution in [0.1, 0.15) is 15.9 Å². The molecular formula is C14H13N3O3. The third-order valence-corrected chi connectivity index (χ3v) is 2.71. The minimum Gasteiger partial charge on any atom is -0.298 e. The van der Waals surface area contributed by atoms with Gasteiger partial charge in [-0.1, -0.05) is 17.7 Å². The monoisotopic (exact) mass is 271 g/mol. The highest BCUT2D eigenvalue weighted by atomic mass is 16.6. The van der Waals surface area contributed by atoms with Gasteiger partial charge in [-0.05, 0) is 31.2 Å². The van der Waals surface area contributed by atoms with E-state index in [9.17, 15) is 14.9 Å². The van der Waals surface area contributed by atoms with E-state index in [4.69, 9.17) is 0 Å². The third-order valence-electron chi connectivity index (χ3n) is 2.71. The Hall–Kier alpha value is -2.89. The average molecular weight is 271 g/mol. The number of aryl methyl sites for hydroxylation is 1. The van der Waals surface area contributed by atoms with Crippen molar-refractivity contribution in [3.63, 3.8) is 0 Å². The standard InChI is InChI=1S/C14H13N3O3/c1-10-2-4-11(5-3-10)14(18)16-15-12-6-8-13(9-7-12)17(19)20/h2-9,15H,1H3,(H,16,18). The van der Waals surface area contributed by atoms with E-state index in [1.54, 1.807) is 12.1 Å². The van der Waals surface area contributed by atoms with Gasteiger partial charge in [-0.3, -0.25) is 25.8 Å². The normalized spacial score (nSPS) is 9.85. The molecule has 6 nitrogen and oxygen atoms in total. The number of nitro groups is 1. The molecule has 2 rings (SSSR count). The fraction of sp³-hybridized carbons (Fsp3) is 0.0714. The van der Waals surface area contributed by atoms with Crippen molar-refractivity contribution in [1.82, 2.24) is 5.43 Å². The molecule has 0 spiro atoms. The summed E-state index contributed by atoms with van der Waals surface area (Å²) in [5, 5.41) is 10.5. The number of nitrogens with one attached hydrogen (secondary N) is 2. The number of anilines is 1. The first-order valence-corrected chi connectivity index (χ1v) is 5.94. The molecule has 0 radical (unpaired) electrons. The molecule has 0 atom stereocenters. The predicted octanol–water partition coefficient (Wildman–Crippen LogP) is 2.66. The van der Waals surface area contributed by atoms with Crippen LogP contribution in [0.2, 0.25) is 0 Å². The van der Waals surface area contributed by atoms with Gasteiger partial charge >= 0.3 is 0 Å². The zero-order valence-electron chi connectivity index (χ0n) is 10.8. The molecule has 20 heavy (non-hydrogen) atoms. The van der Waals surface area contributed by atoms with Gasteiger partial charge in [-0.15, -0.1) is 0 Å². The lowest BCUT2D eigenvalue weighted by molar-refractivity contribution is -0.384. The maximum atomic E-state index is 11.8. The molecule has 0 fully saturated rings. The van der Waals surface area contributed by atoms with Crippen molar-refractivity contribution < 1.29 is 9.72 Å². The minimum absolute atomic E-state index is 0.000381. The van der Waals surface area contributed by atoms with Crippen LogP contribution < -0.4 is 10.9 Å². The van der Waals surface area contributed by atoms with E-state index < -0.39 is 4.92 Å². The number of hydrogen-bond donors (Lipinski definition) is 2. The van der Waals surface area contributed by atoms with Crippen molar-refractivity contribution in [3.05, 3.63) is 69.8 Å². The Kier molecular flexibility index (Phi) is 3.95. The van der Waals surface area contributed by atoms with Gasteiger partial charge in [-0.25, -0.2) is 0 Å². The van der Waals surface area contributed by atoms with Crippen LogP contribution in [0.5, 0.6) is 0 Å². The second kappa shape index (κ2) is 5.83. The Morgan fingerprint density at radius 2 is 1.65 bits per heavy atom. The first-order valence-electron chi connectivity index (χ1n) is 5.94. The Bertz CT molecular complexity index is 621. The summed E-state index contributed by atoms with van der Waals surface area (Å²) in [6.07, 6.45) is 0. The topological polar surface area (TPSA) is 84.3 Å². The van der Waals surface area contributed by atoms with Gasteiger partial charge in [0.2, 0.25) is 0 Å². The maximum Gasteiger partial charge on any atom is 0.269 e. The molecule has 2 aromatic carbocycles. The highest BCUT2D eigenvalue weighted by molar-refractivity contribution is 5.94. The Morgan fingerprint density at radius 3 is 2.20 bits per heavy atom. The molecule has 0 aliphatic rings. The summed E-state index contributed by atoms with van der Waals surface area (Å²) in [6, 6.07) is 12.9. The van der Waals surface area contributed by atoms with E-state index in [0.29, 0.717) is 11.3 Å². The molecule has 2 aromatic rings. The number of rotatable bonds is 4. The van der Waals surface area contributed by atoms with Crippen LogP contribution in [0.4, 0.5) is 11.4 Å². The van der Waals surface area contributed by atoms with E-state index in [1.807, 2.05) is 19.1 Å². The summed E-state index contributed by atoms with van der Waals surface area (Å²) in [4.78, 5) is 21.9. The van der Waals surface area contributed by atoms with Gasteiger partial charge in [0.05, 0.1) is 10.6 Å². The third kappa shape index (κ3) is 3.32. The van der Waals surface area contributed by atoms with Gasteiger partial charge in [0.25, 0.3) is 11.6 Å². The number of carbonyl (C=O) groups is 1. The number of hydrazine groups is 1. The Labute approximate surface area is 115 Å². The zero-order valence-corrected chi connectivity index (χ0v) is 10.8. The van der Waals surface area contributed by atoms with Crippen LogP contribution in [0.15, 0.2) is 48.5 Å². The molecule has 0 aliphatic heterocycles. The largest absolute Gasteiger partial charge is 0.298 e. The highest BCUT2D eigenvalue weighted by Gasteiger charge is 2.06. The molecule has 0 saturated heterocycles. The summed E-state index contributed by atoms with van der Waals surface area (Å²) in [5.74, 6) is -0.275. The summed E-state index contributed by atoms with van der Waals surface area (Å²) in [6.45, 7) is 1.94. The predicted molar refractivity (Wildman–Crippen MR) is 75.4 cm³/mol. The number of nitro benzene ring substituents is 1. The lowest BCUT2D eigenvalue weighted by Gasteiger charge is -2.08. The molecule has 2 N–H and O–H groups in total. The lowest BCUT2D eigenvalue weighted by Crippen LogP contribution is -2.29. The lowest BCUT2D eigenvalue weighted by atomic mass is 10.1. The Morgan fingerprint density at radius 1 is 1.05 bits per heavy atom. The molecule has 0 saturated carbocycles. The first kappa shape index (κ1) is 13.5. The van der Waals surface area contributed by atoms with Gasteiger partial charge in [0.1, 0.15) is 0 Å². The van der Waals surface area contributed by atoms with Crippen LogP contribution in [0.25, 0.3) is 0 Å². The van der Waals surface area contributed by atoms with Crippen LogP contribution >= 0.6 is 0 Å². The zero-order chi connectivity index (χ0) is 14.5. The molecule has 0 heterocycles. The van der Waals surface area contributed by atoms with Crippen molar-refractivity contribution in [2.24, 2.45) is 0 Å². The highest BCUT2D eigenvalue weighted by Crippen LogP contribution is 2.14. The number of benzene rings is 2. The SMILES string of the molecule is Cc1ccc(C(=O)NNc2ccc([N+](=O)[O-])cc2)cc1. The number of non-ortho nitro benzene ring substituents is 1. The van der Waals surface area contributed by atoms with Gasteiger partial charge in [0.15, 0.2) is 0 Å². The second-order valence-electron chi connectivity index (χ2n) is 4.25. The van der Waals surface area contributed by atoms with E-state index in [1.165, 1.54) is 24.3 Å². The number of hydrogen-bond acceptors (Lipinski definition) is 4. The smallest absolute Gasteiger partial charge is 0.269 e. The quantitative estimate of drug-likeness (QED) is 0.661. The van der Waals surface area contributed by atoms with E-state index >= 15 is 0 Å². The van der Waals surface area contributed by atoms with Crippen LogP contribution in [0.3, 0.4) is 0 Å². The molecule has 0 aliphatic carbocycles.